The molecule has 0 unspecified atom stereocenters. The Labute approximate surface area is 269 Å². The van der Waals surface area contributed by atoms with E-state index in [1.54, 1.807) is 62.4 Å². The molecule has 0 bridgehead atoms. The van der Waals surface area contributed by atoms with Gasteiger partial charge in [0, 0.05) is 13.1 Å². The monoisotopic (exact) mass is 664 g/mol. The Morgan fingerprint density at radius 1 is 0.565 bits per heavy atom. The van der Waals surface area contributed by atoms with Gasteiger partial charge < -0.3 is 9.47 Å². The molecule has 4 aromatic carbocycles. The van der Waals surface area contributed by atoms with Crippen LogP contribution in [0.15, 0.2) is 94.7 Å². The van der Waals surface area contributed by atoms with Crippen LogP contribution < -0.4 is 9.44 Å². The van der Waals surface area contributed by atoms with Gasteiger partial charge in [0.2, 0.25) is 20.0 Å². The summed E-state index contributed by atoms with van der Waals surface area (Å²) in [7, 11) is -7.73. The molecule has 0 aromatic heterocycles. The summed E-state index contributed by atoms with van der Waals surface area (Å²) in [5, 5.41) is 0. The topological polar surface area (TPSA) is 145 Å². The van der Waals surface area contributed by atoms with Crippen LogP contribution in [0, 0.1) is 13.8 Å². The highest BCUT2D eigenvalue weighted by Crippen LogP contribution is 2.27. The number of rotatable bonds is 13. The lowest BCUT2D eigenvalue weighted by Gasteiger charge is -2.14. The molecule has 0 saturated carbocycles. The van der Waals surface area contributed by atoms with Crippen molar-refractivity contribution in [3.8, 4) is 11.1 Å². The first-order valence-electron chi connectivity index (χ1n) is 14.6. The van der Waals surface area contributed by atoms with Crippen molar-refractivity contribution in [3.63, 3.8) is 0 Å². The summed E-state index contributed by atoms with van der Waals surface area (Å²) in [5.74, 6) is -1.22. The highest BCUT2D eigenvalue weighted by molar-refractivity contribution is 7.89. The Bertz CT molecular complexity index is 1800. The molecule has 46 heavy (non-hydrogen) atoms. The van der Waals surface area contributed by atoms with Crippen molar-refractivity contribution < 1.29 is 35.9 Å². The molecule has 0 spiro atoms. The van der Waals surface area contributed by atoms with Crippen molar-refractivity contribution in [2.24, 2.45) is 0 Å². The molecule has 12 heteroatoms. The average Bonchev–Trinajstić information content (AvgIpc) is 3.03. The van der Waals surface area contributed by atoms with Crippen molar-refractivity contribution in [2.45, 2.75) is 50.6 Å². The van der Waals surface area contributed by atoms with Crippen LogP contribution >= 0.6 is 0 Å². The van der Waals surface area contributed by atoms with Crippen LogP contribution in [0.1, 0.15) is 56.8 Å². The van der Waals surface area contributed by atoms with E-state index in [4.69, 9.17) is 9.47 Å². The SMILES string of the molecule is CCOC(=O)c1cc(CNS(=O)(=O)c2ccc(C)cc2)cc(-c2cc(CNS(=O)(=O)c3ccc(C)cc3)cc(C(=O)OCC)c2)c1. The van der Waals surface area contributed by atoms with Gasteiger partial charge in [-0.1, -0.05) is 35.4 Å². The zero-order chi connectivity index (χ0) is 33.5. The third-order valence-corrected chi connectivity index (χ3v) is 9.77. The normalized spacial score (nSPS) is 11.7. The summed E-state index contributed by atoms with van der Waals surface area (Å²) in [6.45, 7) is 7.02. The summed E-state index contributed by atoms with van der Waals surface area (Å²) in [5.41, 5.74) is 4.04. The van der Waals surface area contributed by atoms with Crippen LogP contribution in [-0.2, 0) is 42.6 Å². The zero-order valence-corrected chi connectivity index (χ0v) is 27.6. The lowest BCUT2D eigenvalue weighted by molar-refractivity contribution is 0.0516. The molecule has 0 radical (unpaired) electrons. The van der Waals surface area contributed by atoms with Gasteiger partial charge in [0.25, 0.3) is 0 Å². The van der Waals surface area contributed by atoms with Crippen LogP contribution in [0.4, 0.5) is 0 Å². The van der Waals surface area contributed by atoms with Gasteiger partial charge in [-0.2, -0.15) is 0 Å². The summed E-state index contributed by atoms with van der Waals surface area (Å²) in [6, 6.07) is 22.4. The van der Waals surface area contributed by atoms with Crippen LogP contribution in [0.25, 0.3) is 11.1 Å². The Morgan fingerprint density at radius 2 is 0.913 bits per heavy atom. The van der Waals surface area contributed by atoms with Crippen LogP contribution in [0.5, 0.6) is 0 Å². The predicted molar refractivity (Wildman–Crippen MR) is 174 cm³/mol. The smallest absolute Gasteiger partial charge is 0.338 e. The standard InChI is InChI=1S/C34H36N2O8S2/c1-5-43-33(37)29-17-25(21-35-45(39,40)31-11-7-23(3)8-12-31)15-27(19-29)28-16-26(18-30(20-28)34(38)44-6-2)22-36-46(41,42)32-13-9-24(4)10-14-32/h7-20,35-36H,5-6,21-22H2,1-4H3. The second kappa shape index (κ2) is 14.8. The zero-order valence-electron chi connectivity index (χ0n) is 26.0. The Hall–Kier alpha value is -4.36. The van der Waals surface area contributed by atoms with Gasteiger partial charge in [-0.05, 0) is 111 Å². The first-order valence-corrected chi connectivity index (χ1v) is 17.5. The van der Waals surface area contributed by atoms with E-state index >= 15 is 0 Å². The van der Waals surface area contributed by atoms with Crippen LogP contribution in [0.3, 0.4) is 0 Å². The molecule has 0 atom stereocenters. The summed E-state index contributed by atoms with van der Waals surface area (Å²) in [6.07, 6.45) is 0. The van der Waals surface area contributed by atoms with Crippen LogP contribution in [0.2, 0.25) is 0 Å². The molecular weight excluding hydrogens is 629 g/mol. The van der Waals surface area contributed by atoms with E-state index in [9.17, 15) is 26.4 Å². The molecule has 4 aromatic rings. The largest absolute Gasteiger partial charge is 0.462 e. The fourth-order valence-corrected chi connectivity index (χ4v) is 6.58. The first-order chi connectivity index (χ1) is 21.8. The molecule has 0 saturated heterocycles. The number of hydrogen-bond donors (Lipinski definition) is 2. The van der Waals surface area contributed by atoms with Gasteiger partial charge in [0.1, 0.15) is 0 Å². The number of esters is 2. The fraction of sp³-hybridized carbons (Fsp3) is 0.235. The highest BCUT2D eigenvalue weighted by atomic mass is 32.2. The van der Waals surface area contributed by atoms with Gasteiger partial charge >= 0.3 is 11.9 Å². The van der Waals surface area contributed by atoms with Gasteiger partial charge in [0.05, 0.1) is 34.1 Å². The van der Waals surface area contributed by atoms with Gasteiger partial charge in [0.15, 0.2) is 0 Å². The number of carbonyl (C=O) groups excluding carboxylic acids is 2. The molecular formula is C34H36N2O8S2. The van der Waals surface area contributed by atoms with Crippen molar-refractivity contribution in [1.29, 1.82) is 0 Å². The Balaban J connectivity index is 1.72. The molecule has 242 valence electrons. The Kier molecular flexibility index (Phi) is 11.1. The van der Waals surface area contributed by atoms with E-state index in [1.807, 2.05) is 13.8 Å². The quantitative estimate of drug-likeness (QED) is 0.184. The minimum absolute atomic E-state index is 0.0970. The molecule has 0 amide bonds. The molecule has 0 fully saturated rings. The second-order valence-electron chi connectivity index (χ2n) is 10.6. The molecule has 4 rings (SSSR count). The molecule has 0 aliphatic heterocycles. The average molecular weight is 665 g/mol. The lowest BCUT2D eigenvalue weighted by Crippen LogP contribution is -2.23. The minimum atomic E-state index is -3.87. The summed E-state index contributed by atoms with van der Waals surface area (Å²) in [4.78, 5) is 25.8. The first kappa shape index (κ1) is 34.5. The number of ether oxygens (including phenoxy) is 2. The van der Waals surface area contributed by atoms with E-state index in [-0.39, 0.29) is 47.2 Å². The van der Waals surface area contributed by atoms with E-state index < -0.39 is 32.0 Å². The van der Waals surface area contributed by atoms with E-state index in [1.165, 1.54) is 36.4 Å². The van der Waals surface area contributed by atoms with Crippen molar-refractivity contribution in [2.75, 3.05) is 13.2 Å². The molecule has 2 N–H and O–H groups in total. The predicted octanol–water partition coefficient (Wildman–Crippen LogP) is 5.28. The number of sulfonamides is 2. The van der Waals surface area contributed by atoms with E-state index in [0.29, 0.717) is 22.3 Å². The Morgan fingerprint density at radius 3 is 1.24 bits per heavy atom. The maximum atomic E-state index is 13.0. The number of benzene rings is 4. The number of nitrogens with one attached hydrogen (secondary N) is 2. The third kappa shape index (κ3) is 8.88. The van der Waals surface area contributed by atoms with Gasteiger partial charge in [-0.3, -0.25) is 0 Å². The summed E-state index contributed by atoms with van der Waals surface area (Å²) < 4.78 is 67.5. The minimum Gasteiger partial charge on any atom is -0.462 e. The molecule has 0 heterocycles. The lowest BCUT2D eigenvalue weighted by atomic mass is 9.96. The third-order valence-electron chi connectivity index (χ3n) is 6.94. The number of aryl methyl sites for hydroxylation is 2. The van der Waals surface area contributed by atoms with Gasteiger partial charge in [-0.15, -0.1) is 0 Å². The van der Waals surface area contributed by atoms with Crippen LogP contribution in [-0.4, -0.2) is 42.0 Å². The molecule has 0 aliphatic rings. The fourth-order valence-electron chi connectivity index (χ4n) is 4.54. The van der Waals surface area contributed by atoms with Crippen molar-refractivity contribution in [1.82, 2.24) is 9.44 Å². The molecule has 10 nitrogen and oxygen atoms in total. The number of hydrogen-bond acceptors (Lipinski definition) is 8. The van der Waals surface area contributed by atoms with Crippen molar-refractivity contribution >= 4 is 32.0 Å². The second-order valence-corrected chi connectivity index (χ2v) is 14.1. The maximum Gasteiger partial charge on any atom is 0.338 e. The molecule has 0 aliphatic carbocycles. The van der Waals surface area contributed by atoms with E-state index in [0.717, 1.165) is 11.1 Å². The number of carbonyl (C=O) groups is 2. The van der Waals surface area contributed by atoms with Crippen molar-refractivity contribution in [3.05, 3.63) is 118 Å². The summed E-state index contributed by atoms with van der Waals surface area (Å²) >= 11 is 0. The highest BCUT2D eigenvalue weighted by Gasteiger charge is 2.19. The van der Waals surface area contributed by atoms with Gasteiger partial charge in [-0.25, -0.2) is 35.9 Å². The van der Waals surface area contributed by atoms with E-state index in [2.05, 4.69) is 9.44 Å². The maximum absolute atomic E-state index is 13.0.